The summed E-state index contributed by atoms with van der Waals surface area (Å²) in [5.74, 6) is -0.383. The smallest absolute Gasteiger partial charge is 0.266 e. The van der Waals surface area contributed by atoms with E-state index in [4.69, 9.17) is 9.47 Å². The number of alkyl halides is 2. The van der Waals surface area contributed by atoms with Crippen LogP contribution in [-0.2, 0) is 15.1 Å². The lowest BCUT2D eigenvalue weighted by Crippen LogP contribution is -2.61. The van der Waals surface area contributed by atoms with Crippen molar-refractivity contribution >= 4 is 22.5 Å². The van der Waals surface area contributed by atoms with Crippen molar-refractivity contribution in [1.82, 2.24) is 9.88 Å². The van der Waals surface area contributed by atoms with E-state index in [1.807, 2.05) is 25.1 Å². The number of benzene rings is 2. The lowest BCUT2D eigenvalue weighted by atomic mass is 9.84. The van der Waals surface area contributed by atoms with Gasteiger partial charge in [0.1, 0.15) is 17.2 Å². The first kappa shape index (κ1) is 24.8. The molecule has 0 bridgehead atoms. The van der Waals surface area contributed by atoms with Crippen LogP contribution in [0, 0.1) is 12.7 Å². The van der Waals surface area contributed by atoms with E-state index < -0.39 is 29.4 Å². The van der Waals surface area contributed by atoms with E-state index in [0.717, 1.165) is 22.7 Å². The average Bonchev–Trinajstić information content (AvgIpc) is 2.78. The minimum absolute atomic E-state index is 0.0426. The summed E-state index contributed by atoms with van der Waals surface area (Å²) in [6, 6.07) is 8.95. The highest BCUT2D eigenvalue weighted by Gasteiger charge is 2.48. The first-order chi connectivity index (χ1) is 16.6. The number of carbonyl (C=O) groups is 1. The second kappa shape index (κ2) is 9.37. The van der Waals surface area contributed by atoms with Crippen LogP contribution in [0.2, 0.25) is 0 Å². The fourth-order valence-electron chi connectivity index (χ4n) is 4.62. The van der Waals surface area contributed by atoms with E-state index in [-0.39, 0.29) is 11.5 Å². The molecule has 0 radical (unpaired) electrons. The first-order valence-electron chi connectivity index (χ1n) is 11.2. The second-order valence-corrected chi connectivity index (χ2v) is 8.87. The number of hydrogen-bond acceptors (Lipinski definition) is 5. The topological polar surface area (TPSA) is 63.7 Å². The molecule has 1 aliphatic rings. The Hall–Kier alpha value is -3.33. The molecule has 1 N–H and O–H groups in total. The molecule has 1 amide bonds. The second-order valence-electron chi connectivity index (χ2n) is 8.87. The fourth-order valence-corrected chi connectivity index (χ4v) is 4.62. The molecule has 0 aliphatic carbocycles. The molecular formula is C26H28F3N3O3. The number of halogens is 3. The van der Waals surface area contributed by atoms with E-state index in [9.17, 15) is 18.0 Å². The molecule has 1 fully saturated rings. The van der Waals surface area contributed by atoms with Gasteiger partial charge in [0.2, 0.25) is 5.91 Å². The number of likely N-dealkylation sites (tertiary alicyclic amines) is 1. The summed E-state index contributed by atoms with van der Waals surface area (Å²) in [5, 5.41) is 4.01. The Bertz CT molecular complexity index is 1280. The number of nitrogens with zero attached hydrogens (tertiary/aromatic N) is 2. The van der Waals surface area contributed by atoms with Gasteiger partial charge in [0.25, 0.3) is 6.43 Å². The van der Waals surface area contributed by atoms with Gasteiger partial charge in [-0.05, 0) is 26.0 Å². The number of nitrogens with one attached hydrogen (secondary N) is 1. The Balaban J connectivity index is 1.79. The summed E-state index contributed by atoms with van der Waals surface area (Å²) in [6.45, 7) is 5.82. The summed E-state index contributed by atoms with van der Waals surface area (Å²) in [5.41, 5.74) is 1.58. The van der Waals surface area contributed by atoms with Crippen LogP contribution < -0.4 is 10.1 Å². The van der Waals surface area contributed by atoms with Gasteiger partial charge in [-0.2, -0.15) is 0 Å². The third-order valence-electron chi connectivity index (χ3n) is 6.61. The van der Waals surface area contributed by atoms with Crippen molar-refractivity contribution in [2.75, 3.05) is 32.6 Å². The minimum atomic E-state index is -2.90. The highest BCUT2D eigenvalue weighted by atomic mass is 19.3. The van der Waals surface area contributed by atoms with E-state index in [1.54, 1.807) is 26.0 Å². The number of carbonyl (C=O) groups excluding carboxylic acids is 1. The average molecular weight is 488 g/mol. The summed E-state index contributed by atoms with van der Waals surface area (Å²) >= 11 is 0. The van der Waals surface area contributed by atoms with Crippen molar-refractivity contribution in [3.8, 4) is 5.75 Å². The molecule has 0 unspecified atom stereocenters. The Morgan fingerprint density at radius 2 is 1.86 bits per heavy atom. The molecule has 0 spiro atoms. The molecule has 1 saturated heterocycles. The highest BCUT2D eigenvalue weighted by molar-refractivity contribution is 5.93. The van der Waals surface area contributed by atoms with Gasteiger partial charge in [-0.15, -0.1) is 0 Å². The number of aromatic nitrogens is 1. The van der Waals surface area contributed by atoms with Crippen LogP contribution in [0.1, 0.15) is 48.7 Å². The molecule has 1 aliphatic heterocycles. The quantitative estimate of drug-likeness (QED) is 0.477. The molecule has 0 saturated carbocycles. The molecule has 1 atom stereocenters. The van der Waals surface area contributed by atoms with E-state index >= 15 is 0 Å². The van der Waals surface area contributed by atoms with Crippen LogP contribution >= 0.6 is 0 Å². The number of aryl methyl sites for hydroxylation is 1. The third-order valence-corrected chi connectivity index (χ3v) is 6.61. The zero-order valence-corrected chi connectivity index (χ0v) is 20.3. The van der Waals surface area contributed by atoms with Gasteiger partial charge in [-0.3, -0.25) is 9.78 Å². The monoisotopic (exact) mass is 487 g/mol. The molecule has 4 rings (SSSR count). The van der Waals surface area contributed by atoms with Gasteiger partial charge in [0.05, 0.1) is 37.3 Å². The van der Waals surface area contributed by atoms with Crippen molar-refractivity contribution in [3.63, 3.8) is 0 Å². The maximum atomic E-state index is 14.8. The predicted octanol–water partition coefficient (Wildman–Crippen LogP) is 5.51. The molecule has 2 heterocycles. The third kappa shape index (κ3) is 4.40. The molecular weight excluding hydrogens is 459 g/mol. The predicted molar refractivity (Wildman–Crippen MR) is 127 cm³/mol. The number of ether oxygens (including phenoxy) is 2. The summed E-state index contributed by atoms with van der Waals surface area (Å²) < 4.78 is 52.7. The van der Waals surface area contributed by atoms with Crippen molar-refractivity contribution in [2.24, 2.45) is 0 Å². The van der Waals surface area contributed by atoms with Crippen molar-refractivity contribution in [3.05, 3.63) is 64.6 Å². The van der Waals surface area contributed by atoms with E-state index in [0.29, 0.717) is 30.0 Å². The zero-order chi connectivity index (χ0) is 25.5. The lowest BCUT2D eigenvalue weighted by molar-refractivity contribution is -0.162. The van der Waals surface area contributed by atoms with Crippen molar-refractivity contribution < 1.29 is 27.4 Å². The summed E-state index contributed by atoms with van der Waals surface area (Å²) in [6.07, 6.45) is -2.90. The van der Waals surface area contributed by atoms with E-state index in [1.165, 1.54) is 19.1 Å². The Kier molecular flexibility index (Phi) is 6.64. The summed E-state index contributed by atoms with van der Waals surface area (Å²) in [4.78, 5) is 18.1. The molecule has 35 heavy (non-hydrogen) atoms. The van der Waals surface area contributed by atoms with Crippen LogP contribution in [0.25, 0.3) is 10.9 Å². The van der Waals surface area contributed by atoms with Gasteiger partial charge in [-0.1, -0.05) is 18.2 Å². The van der Waals surface area contributed by atoms with Gasteiger partial charge < -0.3 is 19.7 Å². The number of anilines is 1. The molecule has 1 aromatic heterocycles. The van der Waals surface area contributed by atoms with Gasteiger partial charge >= 0.3 is 0 Å². The SMILES string of the molecule is COc1cc2nc(C)cc(N[C@H](C)c3cccc(C(F)F)c3F)c2cc1C1(OC)CN(C(C)=O)C1. The van der Waals surface area contributed by atoms with Crippen molar-refractivity contribution in [1.29, 1.82) is 0 Å². The highest BCUT2D eigenvalue weighted by Crippen LogP contribution is 2.43. The molecule has 6 nitrogen and oxygen atoms in total. The number of amides is 1. The first-order valence-corrected chi connectivity index (χ1v) is 11.2. The largest absolute Gasteiger partial charge is 0.496 e. The number of pyridine rings is 1. The number of rotatable bonds is 7. The summed E-state index contributed by atoms with van der Waals surface area (Å²) in [7, 11) is 3.15. The Morgan fingerprint density at radius 3 is 2.46 bits per heavy atom. The van der Waals surface area contributed by atoms with Gasteiger partial charge in [0, 0.05) is 48.0 Å². The maximum absolute atomic E-state index is 14.8. The van der Waals surface area contributed by atoms with Crippen molar-refractivity contribution in [2.45, 2.75) is 38.8 Å². The maximum Gasteiger partial charge on any atom is 0.266 e. The fraction of sp³-hybridized carbons (Fsp3) is 0.385. The van der Waals surface area contributed by atoms with Crippen LogP contribution in [0.4, 0.5) is 18.9 Å². The number of hydrogen-bond donors (Lipinski definition) is 1. The lowest BCUT2D eigenvalue weighted by Gasteiger charge is -2.49. The Labute approximate surface area is 202 Å². The minimum Gasteiger partial charge on any atom is -0.496 e. The zero-order valence-electron chi connectivity index (χ0n) is 20.3. The van der Waals surface area contributed by atoms with Crippen LogP contribution in [0.5, 0.6) is 5.75 Å². The standard InChI is InChI=1S/C26H28F3N3O3/c1-14-9-21(31-15(2)17-7-6-8-18(24(17)27)25(28)29)19-10-20(23(34-4)11-22(19)30-14)26(35-5)12-32(13-26)16(3)33/h6-11,15,25H,12-13H2,1-5H3,(H,30,31)/t15-/m1/s1. The normalized spacial score (nSPS) is 15.7. The number of methoxy groups -OCH3 is 2. The van der Waals surface area contributed by atoms with Crippen LogP contribution in [-0.4, -0.2) is 43.1 Å². The molecule has 2 aromatic carbocycles. The molecule has 9 heteroatoms. The molecule has 186 valence electrons. The number of fused-ring (bicyclic) bond motifs is 1. The van der Waals surface area contributed by atoms with Crippen LogP contribution in [0.3, 0.4) is 0 Å². The van der Waals surface area contributed by atoms with Crippen LogP contribution in [0.15, 0.2) is 36.4 Å². The van der Waals surface area contributed by atoms with Gasteiger partial charge in [0.15, 0.2) is 0 Å². The molecule has 3 aromatic rings. The van der Waals surface area contributed by atoms with E-state index in [2.05, 4.69) is 10.3 Å². The van der Waals surface area contributed by atoms with Gasteiger partial charge in [-0.25, -0.2) is 13.2 Å². The Morgan fingerprint density at radius 1 is 1.17 bits per heavy atom.